The van der Waals surface area contributed by atoms with Gasteiger partial charge in [0.15, 0.2) is 0 Å². The first-order chi connectivity index (χ1) is 17.4. The van der Waals surface area contributed by atoms with E-state index < -0.39 is 0 Å². The summed E-state index contributed by atoms with van der Waals surface area (Å²) < 4.78 is 8.56. The molecule has 3 atom stereocenters. The van der Waals surface area contributed by atoms with E-state index in [1.807, 2.05) is 50.8 Å². The summed E-state index contributed by atoms with van der Waals surface area (Å²) in [6.07, 6.45) is 8.97. The highest BCUT2D eigenvalue weighted by atomic mass is 16.5. The van der Waals surface area contributed by atoms with Crippen molar-refractivity contribution in [3.8, 4) is 28.5 Å². The molecule has 1 aliphatic carbocycles. The summed E-state index contributed by atoms with van der Waals surface area (Å²) >= 11 is 0. The van der Waals surface area contributed by atoms with Crippen LogP contribution in [0.4, 0.5) is 5.82 Å². The minimum atomic E-state index is -0.374. The SMILES string of the molecule is COC(=O)[C@]1(C)C[C@H]2CN(c3ccc(-c4cc(-c5ccn(C)n5)cn5ncc(C#N)c45)cn3)C[C@H]2C1. The quantitative estimate of drug-likeness (QED) is 0.410. The van der Waals surface area contributed by atoms with Crippen LogP contribution in [0.1, 0.15) is 25.3 Å². The number of hydrogen-bond acceptors (Lipinski definition) is 7. The van der Waals surface area contributed by atoms with Crippen LogP contribution in [0.15, 0.2) is 49.1 Å². The second-order valence-corrected chi connectivity index (χ2v) is 10.3. The van der Waals surface area contributed by atoms with Gasteiger partial charge in [0.1, 0.15) is 11.9 Å². The van der Waals surface area contributed by atoms with Crippen LogP contribution in [0.2, 0.25) is 0 Å². The lowest BCUT2D eigenvalue weighted by Crippen LogP contribution is -2.30. The van der Waals surface area contributed by atoms with Crippen LogP contribution in [-0.4, -0.2) is 50.5 Å². The monoisotopic (exact) mass is 481 g/mol. The number of carbonyl (C=O) groups excluding carboxylic acids is 1. The molecule has 0 spiro atoms. The average molecular weight is 482 g/mol. The van der Waals surface area contributed by atoms with Crippen molar-refractivity contribution in [2.75, 3.05) is 25.1 Å². The van der Waals surface area contributed by atoms with E-state index in [1.54, 1.807) is 15.4 Å². The Bertz CT molecular complexity index is 1500. The standard InChI is InChI=1S/C27H27N7O2/c1-27(26(35)36-3)9-19-14-33(15-20(19)10-27)24-5-4-17(12-29-24)22-8-18(23-6-7-32(2)31-23)16-34-25(22)21(11-28)13-30-34/h4-8,12-13,16,19-20H,9-10,14-15H2,1-3H3/t19-,20+,27+. The summed E-state index contributed by atoms with van der Waals surface area (Å²) in [5.74, 6) is 1.77. The van der Waals surface area contributed by atoms with Crippen molar-refractivity contribution >= 4 is 17.3 Å². The Hall–Kier alpha value is -4.19. The van der Waals surface area contributed by atoms with Crippen LogP contribution >= 0.6 is 0 Å². The summed E-state index contributed by atoms with van der Waals surface area (Å²) in [6.45, 7) is 3.81. The second kappa shape index (κ2) is 8.19. The van der Waals surface area contributed by atoms with Crippen molar-refractivity contribution < 1.29 is 9.53 Å². The van der Waals surface area contributed by atoms with Gasteiger partial charge >= 0.3 is 5.97 Å². The van der Waals surface area contributed by atoms with Crippen molar-refractivity contribution in [3.05, 3.63) is 54.6 Å². The molecule has 1 saturated heterocycles. The van der Waals surface area contributed by atoms with Gasteiger partial charge in [0.25, 0.3) is 0 Å². The van der Waals surface area contributed by atoms with E-state index in [-0.39, 0.29) is 11.4 Å². The summed E-state index contributed by atoms with van der Waals surface area (Å²) in [5.41, 5.74) is 4.45. The van der Waals surface area contributed by atoms with Crippen LogP contribution in [0.25, 0.3) is 27.9 Å². The molecule has 1 saturated carbocycles. The van der Waals surface area contributed by atoms with Crippen molar-refractivity contribution in [3.63, 3.8) is 0 Å². The first-order valence-electron chi connectivity index (χ1n) is 12.1. The predicted molar refractivity (Wildman–Crippen MR) is 134 cm³/mol. The van der Waals surface area contributed by atoms with Crippen molar-refractivity contribution in [1.82, 2.24) is 24.4 Å². The van der Waals surface area contributed by atoms with Crippen LogP contribution in [0, 0.1) is 28.6 Å². The van der Waals surface area contributed by atoms with Crippen LogP contribution in [0.3, 0.4) is 0 Å². The average Bonchev–Trinajstić information content (AvgIpc) is 3.65. The molecule has 2 fully saturated rings. The minimum Gasteiger partial charge on any atom is -0.469 e. The zero-order chi connectivity index (χ0) is 25.0. The topological polar surface area (TPSA) is 101 Å². The third-order valence-electron chi connectivity index (χ3n) is 7.80. The molecular formula is C27H27N7O2. The Morgan fingerprint density at radius 3 is 2.56 bits per heavy atom. The lowest BCUT2D eigenvalue weighted by Gasteiger charge is -2.25. The molecule has 182 valence electrons. The molecule has 5 heterocycles. The molecule has 0 N–H and O–H groups in total. The summed E-state index contributed by atoms with van der Waals surface area (Å²) in [7, 11) is 3.36. The molecule has 4 aromatic heterocycles. The molecule has 0 bridgehead atoms. The maximum Gasteiger partial charge on any atom is 0.311 e. The number of nitriles is 1. The van der Waals surface area contributed by atoms with Gasteiger partial charge in [0.2, 0.25) is 0 Å². The number of aryl methyl sites for hydroxylation is 1. The van der Waals surface area contributed by atoms with E-state index >= 15 is 0 Å². The number of carbonyl (C=O) groups is 1. The van der Waals surface area contributed by atoms with Crippen molar-refractivity contribution in [1.29, 1.82) is 5.26 Å². The third-order valence-corrected chi connectivity index (χ3v) is 7.80. The number of hydrogen-bond donors (Lipinski definition) is 0. The molecule has 0 amide bonds. The van der Waals surface area contributed by atoms with Gasteiger partial charge in [0.05, 0.1) is 35.5 Å². The molecule has 2 aliphatic rings. The Morgan fingerprint density at radius 2 is 1.94 bits per heavy atom. The summed E-state index contributed by atoms with van der Waals surface area (Å²) in [5, 5.41) is 18.6. The van der Waals surface area contributed by atoms with Gasteiger partial charge in [0, 0.05) is 55.4 Å². The number of aromatic nitrogens is 5. The van der Waals surface area contributed by atoms with Gasteiger partial charge in [-0.3, -0.25) is 9.48 Å². The van der Waals surface area contributed by atoms with Crippen molar-refractivity contribution in [2.24, 2.45) is 24.3 Å². The van der Waals surface area contributed by atoms with Gasteiger partial charge in [-0.2, -0.15) is 15.5 Å². The maximum absolute atomic E-state index is 12.2. The number of nitrogens with zero attached hydrogens (tertiary/aromatic N) is 7. The van der Waals surface area contributed by atoms with E-state index in [2.05, 4.69) is 27.2 Å². The molecule has 1 aliphatic heterocycles. The van der Waals surface area contributed by atoms with E-state index in [0.717, 1.165) is 59.7 Å². The number of anilines is 1. The maximum atomic E-state index is 12.2. The molecule has 9 heteroatoms. The second-order valence-electron chi connectivity index (χ2n) is 10.3. The Morgan fingerprint density at radius 1 is 1.17 bits per heavy atom. The lowest BCUT2D eigenvalue weighted by atomic mass is 9.87. The van der Waals surface area contributed by atoms with E-state index in [4.69, 9.17) is 9.72 Å². The zero-order valence-electron chi connectivity index (χ0n) is 20.5. The molecule has 0 aromatic carbocycles. The Labute approximate surface area is 208 Å². The van der Waals surface area contributed by atoms with Crippen LogP contribution in [-0.2, 0) is 16.6 Å². The fourth-order valence-corrected chi connectivity index (χ4v) is 6.11. The van der Waals surface area contributed by atoms with E-state index in [9.17, 15) is 10.1 Å². The molecule has 0 radical (unpaired) electrons. The summed E-state index contributed by atoms with van der Waals surface area (Å²) in [4.78, 5) is 19.4. The highest BCUT2D eigenvalue weighted by Gasteiger charge is 2.51. The number of ether oxygens (including phenoxy) is 1. The Balaban J connectivity index is 1.30. The van der Waals surface area contributed by atoms with E-state index in [0.29, 0.717) is 17.4 Å². The van der Waals surface area contributed by atoms with Gasteiger partial charge in [-0.25, -0.2) is 9.50 Å². The first-order valence-corrected chi connectivity index (χ1v) is 12.1. The third kappa shape index (κ3) is 3.52. The smallest absolute Gasteiger partial charge is 0.311 e. The summed E-state index contributed by atoms with van der Waals surface area (Å²) in [6, 6.07) is 10.4. The highest BCUT2D eigenvalue weighted by molar-refractivity contribution is 5.87. The van der Waals surface area contributed by atoms with Crippen LogP contribution < -0.4 is 4.90 Å². The van der Waals surface area contributed by atoms with Gasteiger partial charge in [-0.15, -0.1) is 0 Å². The Kier molecular flexibility index (Phi) is 5.07. The number of rotatable bonds is 4. The normalized spacial score (nSPS) is 23.1. The molecule has 36 heavy (non-hydrogen) atoms. The number of esters is 1. The van der Waals surface area contributed by atoms with Gasteiger partial charge in [-0.05, 0) is 55.9 Å². The molecular weight excluding hydrogens is 454 g/mol. The minimum absolute atomic E-state index is 0.0956. The van der Waals surface area contributed by atoms with E-state index in [1.165, 1.54) is 7.11 Å². The fourth-order valence-electron chi connectivity index (χ4n) is 6.11. The van der Waals surface area contributed by atoms with Crippen LogP contribution in [0.5, 0.6) is 0 Å². The molecule has 9 nitrogen and oxygen atoms in total. The fraction of sp³-hybridized carbons (Fsp3) is 0.370. The van der Waals surface area contributed by atoms with Gasteiger partial charge < -0.3 is 9.64 Å². The van der Waals surface area contributed by atoms with Gasteiger partial charge in [-0.1, -0.05) is 0 Å². The number of fused-ring (bicyclic) bond motifs is 2. The highest BCUT2D eigenvalue weighted by Crippen LogP contribution is 2.50. The van der Waals surface area contributed by atoms with Crippen molar-refractivity contribution in [2.45, 2.75) is 19.8 Å². The number of methoxy groups -OCH3 is 1. The predicted octanol–water partition coefficient (Wildman–Crippen LogP) is 3.69. The number of pyridine rings is 2. The molecule has 0 unspecified atom stereocenters. The molecule has 4 aromatic rings. The largest absolute Gasteiger partial charge is 0.469 e. The zero-order valence-corrected chi connectivity index (χ0v) is 20.5. The molecule has 6 rings (SSSR count). The first kappa shape index (κ1) is 22.3. The lowest BCUT2D eigenvalue weighted by molar-refractivity contribution is -0.151.